The van der Waals surface area contributed by atoms with Crippen molar-refractivity contribution in [3.05, 3.63) is 65.6 Å². The molecule has 2 aromatic carbocycles. The number of para-hydroxylation sites is 3. The highest BCUT2D eigenvalue weighted by molar-refractivity contribution is 6.13. The Morgan fingerprint density at radius 3 is 2.59 bits per heavy atom. The summed E-state index contributed by atoms with van der Waals surface area (Å²) in [5, 5.41) is 1.02. The lowest BCUT2D eigenvalue weighted by Crippen LogP contribution is -2.23. The van der Waals surface area contributed by atoms with Gasteiger partial charge in [0.05, 0.1) is 16.6 Å². The van der Waals surface area contributed by atoms with Crippen molar-refractivity contribution in [3.8, 4) is 0 Å². The maximum atomic E-state index is 13.1. The predicted octanol–water partition coefficient (Wildman–Crippen LogP) is 3.12. The fraction of sp³-hybridized carbons (Fsp3) is 0.111. The van der Waals surface area contributed by atoms with Gasteiger partial charge in [-0.15, -0.1) is 0 Å². The summed E-state index contributed by atoms with van der Waals surface area (Å²) in [5.74, 6) is 0.853. The Morgan fingerprint density at radius 2 is 1.73 bits per heavy atom. The summed E-state index contributed by atoms with van der Waals surface area (Å²) in [6, 6.07) is 15.9. The van der Waals surface area contributed by atoms with Crippen LogP contribution in [0.3, 0.4) is 0 Å². The van der Waals surface area contributed by atoms with E-state index in [1.165, 1.54) is 0 Å². The molecule has 1 aliphatic rings. The molecule has 1 aliphatic heterocycles. The fourth-order valence-corrected chi connectivity index (χ4v) is 3.57. The van der Waals surface area contributed by atoms with Crippen molar-refractivity contribution in [2.75, 3.05) is 0 Å². The second-order valence-corrected chi connectivity index (χ2v) is 5.73. The molecule has 0 aliphatic carbocycles. The first kappa shape index (κ1) is 11.7. The smallest absolute Gasteiger partial charge is 0.266 e. The SMILES string of the molecule is Cn1c2c(c3ccccc31)C(=O)n1c(nc3ccccc31)C2. The molecule has 0 radical (unpaired) electrons. The van der Waals surface area contributed by atoms with Crippen molar-refractivity contribution in [2.45, 2.75) is 6.42 Å². The van der Waals surface area contributed by atoms with E-state index >= 15 is 0 Å². The van der Waals surface area contributed by atoms with Gasteiger partial charge in [-0.1, -0.05) is 30.3 Å². The first-order chi connectivity index (χ1) is 10.8. The molecule has 0 saturated carbocycles. The second kappa shape index (κ2) is 3.85. The van der Waals surface area contributed by atoms with E-state index in [1.807, 2.05) is 49.5 Å². The van der Waals surface area contributed by atoms with Gasteiger partial charge in [-0.2, -0.15) is 0 Å². The molecule has 22 heavy (non-hydrogen) atoms. The van der Waals surface area contributed by atoms with Crippen molar-refractivity contribution in [1.82, 2.24) is 14.1 Å². The zero-order chi connectivity index (χ0) is 14.8. The van der Waals surface area contributed by atoms with Gasteiger partial charge in [0, 0.05) is 30.1 Å². The molecule has 4 nitrogen and oxygen atoms in total. The number of hydrogen-bond donors (Lipinski definition) is 0. The lowest BCUT2D eigenvalue weighted by Gasteiger charge is -2.15. The molecule has 4 aromatic rings. The minimum atomic E-state index is 0.0294. The predicted molar refractivity (Wildman–Crippen MR) is 85.2 cm³/mol. The number of aromatic nitrogens is 3. The third kappa shape index (κ3) is 1.27. The van der Waals surface area contributed by atoms with Gasteiger partial charge in [0.25, 0.3) is 5.91 Å². The van der Waals surface area contributed by atoms with E-state index in [9.17, 15) is 4.79 Å². The number of imidazole rings is 1. The topological polar surface area (TPSA) is 39.8 Å². The van der Waals surface area contributed by atoms with E-state index < -0.39 is 0 Å². The number of hydrogen-bond acceptors (Lipinski definition) is 2. The average molecular weight is 287 g/mol. The number of rotatable bonds is 0. The quantitative estimate of drug-likeness (QED) is 0.439. The zero-order valence-electron chi connectivity index (χ0n) is 12.1. The molecule has 0 amide bonds. The van der Waals surface area contributed by atoms with Crippen LogP contribution in [0, 0.1) is 0 Å². The van der Waals surface area contributed by atoms with Crippen molar-refractivity contribution in [1.29, 1.82) is 0 Å². The molecule has 0 bridgehead atoms. The Hall–Kier alpha value is -2.88. The van der Waals surface area contributed by atoms with Crippen LogP contribution in [0.4, 0.5) is 0 Å². The highest BCUT2D eigenvalue weighted by Crippen LogP contribution is 2.33. The van der Waals surface area contributed by atoms with Crippen LogP contribution in [0.2, 0.25) is 0 Å². The molecular weight excluding hydrogens is 274 g/mol. The lowest BCUT2D eigenvalue weighted by atomic mass is 10.0. The van der Waals surface area contributed by atoms with E-state index in [0.29, 0.717) is 6.42 Å². The lowest BCUT2D eigenvalue weighted by molar-refractivity contribution is 0.0957. The van der Waals surface area contributed by atoms with Gasteiger partial charge in [-0.05, 0) is 18.2 Å². The minimum Gasteiger partial charge on any atom is -0.346 e. The summed E-state index contributed by atoms with van der Waals surface area (Å²) < 4.78 is 3.88. The van der Waals surface area contributed by atoms with E-state index in [2.05, 4.69) is 15.6 Å². The summed E-state index contributed by atoms with van der Waals surface area (Å²) >= 11 is 0. The number of carbonyl (C=O) groups excluding carboxylic acids is 1. The van der Waals surface area contributed by atoms with Crippen LogP contribution in [0.15, 0.2) is 48.5 Å². The van der Waals surface area contributed by atoms with Gasteiger partial charge in [0.15, 0.2) is 0 Å². The number of benzene rings is 2. The van der Waals surface area contributed by atoms with Crippen molar-refractivity contribution in [3.63, 3.8) is 0 Å². The normalized spacial score (nSPS) is 13.6. The maximum Gasteiger partial charge on any atom is 0.266 e. The third-order valence-electron chi connectivity index (χ3n) is 4.60. The van der Waals surface area contributed by atoms with Crippen LogP contribution in [-0.2, 0) is 13.5 Å². The van der Waals surface area contributed by atoms with Crippen LogP contribution in [0.25, 0.3) is 21.9 Å². The monoisotopic (exact) mass is 287 g/mol. The Labute approximate surface area is 126 Å². The van der Waals surface area contributed by atoms with E-state index in [0.717, 1.165) is 39.0 Å². The van der Waals surface area contributed by atoms with Gasteiger partial charge < -0.3 is 4.57 Å². The minimum absolute atomic E-state index is 0.0294. The maximum absolute atomic E-state index is 13.1. The van der Waals surface area contributed by atoms with Gasteiger partial charge in [0.2, 0.25) is 0 Å². The van der Waals surface area contributed by atoms with Crippen molar-refractivity contribution < 1.29 is 4.79 Å². The largest absolute Gasteiger partial charge is 0.346 e. The highest BCUT2D eigenvalue weighted by Gasteiger charge is 2.30. The third-order valence-corrected chi connectivity index (χ3v) is 4.60. The number of nitrogens with zero attached hydrogens (tertiary/aromatic N) is 3. The van der Waals surface area contributed by atoms with Crippen LogP contribution in [-0.4, -0.2) is 20.0 Å². The van der Waals surface area contributed by atoms with Crippen LogP contribution < -0.4 is 0 Å². The van der Waals surface area contributed by atoms with Crippen LogP contribution in [0.5, 0.6) is 0 Å². The van der Waals surface area contributed by atoms with Gasteiger partial charge in [-0.3, -0.25) is 9.36 Å². The number of carbonyl (C=O) groups is 1. The molecule has 0 N–H and O–H groups in total. The molecule has 4 heteroatoms. The highest BCUT2D eigenvalue weighted by atomic mass is 16.2. The average Bonchev–Trinajstić information content (AvgIpc) is 3.05. The van der Waals surface area contributed by atoms with Gasteiger partial charge in [0.1, 0.15) is 5.82 Å². The Bertz CT molecular complexity index is 1080. The molecular formula is C18H13N3O. The van der Waals surface area contributed by atoms with E-state index in [-0.39, 0.29) is 5.91 Å². The molecule has 0 atom stereocenters. The van der Waals surface area contributed by atoms with Crippen LogP contribution in [0.1, 0.15) is 21.9 Å². The van der Waals surface area contributed by atoms with E-state index in [4.69, 9.17) is 0 Å². The second-order valence-electron chi connectivity index (χ2n) is 5.73. The van der Waals surface area contributed by atoms with E-state index in [1.54, 1.807) is 4.57 Å². The molecule has 3 heterocycles. The zero-order valence-corrected chi connectivity index (χ0v) is 12.1. The summed E-state index contributed by atoms with van der Waals surface area (Å²) in [7, 11) is 2.02. The molecule has 5 rings (SSSR count). The van der Waals surface area contributed by atoms with Crippen molar-refractivity contribution >= 4 is 27.8 Å². The molecule has 0 spiro atoms. The first-order valence-corrected chi connectivity index (χ1v) is 7.33. The van der Waals surface area contributed by atoms with Gasteiger partial charge in [-0.25, -0.2) is 4.98 Å². The summed E-state index contributed by atoms with van der Waals surface area (Å²) in [6.45, 7) is 0. The molecule has 0 saturated heterocycles. The first-order valence-electron chi connectivity index (χ1n) is 7.33. The molecule has 0 fully saturated rings. The summed E-state index contributed by atoms with van der Waals surface area (Å²) in [4.78, 5) is 17.8. The van der Waals surface area contributed by atoms with Crippen molar-refractivity contribution in [2.24, 2.45) is 7.05 Å². The standard InChI is InChI=1S/C18H13N3O/c1-20-13-8-4-2-6-11(13)17-15(20)10-16-19-12-7-3-5-9-14(12)21(16)18(17)22/h2-9H,10H2,1H3. The Balaban J connectivity index is 1.90. The molecule has 0 unspecified atom stereocenters. The Kier molecular flexibility index (Phi) is 2.06. The molecule has 2 aromatic heterocycles. The van der Waals surface area contributed by atoms with Gasteiger partial charge >= 0.3 is 0 Å². The fourth-order valence-electron chi connectivity index (χ4n) is 3.57. The Morgan fingerprint density at radius 1 is 1.00 bits per heavy atom. The number of aryl methyl sites for hydroxylation is 1. The summed E-state index contributed by atoms with van der Waals surface area (Å²) in [6.07, 6.45) is 0.681. The number of fused-ring (bicyclic) bond motifs is 6. The molecule has 106 valence electrons. The van der Waals surface area contributed by atoms with Crippen LogP contribution >= 0.6 is 0 Å². The summed E-state index contributed by atoms with van der Waals surface area (Å²) in [5.41, 5.74) is 4.72.